The van der Waals surface area contributed by atoms with Gasteiger partial charge in [-0.15, -0.1) is 0 Å². The molecule has 1 unspecified atom stereocenters. The zero-order chi connectivity index (χ0) is 56.4. The number of hydrogen-bond donors (Lipinski definition) is 0. The van der Waals surface area contributed by atoms with E-state index in [2.05, 4.69) is 57.2 Å². The SMILES string of the molecule is CCCCC/C=C\C/C=C\CCCCCCCCCCCC(=O)OC(COC(=O)CCCCCCC/C=C\CCCCCCC)COC(=O)CCCCCCCCCCCCCCCCCCCCCCCCCCCCC. The van der Waals surface area contributed by atoms with Crippen LogP contribution in [0.4, 0.5) is 0 Å². The number of ether oxygens (including phenoxy) is 3. The molecule has 0 aliphatic rings. The molecule has 0 saturated heterocycles. The predicted octanol–water partition coefficient (Wildman–Crippen LogP) is 23.9. The molecule has 0 amide bonds. The Labute approximate surface area is 486 Å². The first-order chi connectivity index (χ1) is 38.5. The summed E-state index contributed by atoms with van der Waals surface area (Å²) in [5.41, 5.74) is 0. The molecule has 0 N–H and O–H groups in total. The lowest BCUT2D eigenvalue weighted by Gasteiger charge is -2.18. The van der Waals surface area contributed by atoms with Crippen LogP contribution < -0.4 is 0 Å². The van der Waals surface area contributed by atoms with Crippen LogP contribution in [0.15, 0.2) is 36.5 Å². The van der Waals surface area contributed by atoms with Crippen molar-refractivity contribution in [2.24, 2.45) is 0 Å². The Kier molecular flexibility index (Phi) is 65.1. The lowest BCUT2D eigenvalue weighted by atomic mass is 10.0. The van der Waals surface area contributed by atoms with Crippen LogP contribution in [0.2, 0.25) is 0 Å². The van der Waals surface area contributed by atoms with Crippen molar-refractivity contribution >= 4 is 17.9 Å². The third-order valence-electron chi connectivity index (χ3n) is 15.9. The van der Waals surface area contributed by atoms with Crippen LogP contribution >= 0.6 is 0 Å². The molecule has 78 heavy (non-hydrogen) atoms. The molecule has 0 aromatic carbocycles. The van der Waals surface area contributed by atoms with E-state index in [1.54, 1.807) is 0 Å². The maximum absolute atomic E-state index is 12.9. The van der Waals surface area contributed by atoms with Gasteiger partial charge in [-0.05, 0) is 77.0 Å². The topological polar surface area (TPSA) is 78.9 Å². The Morgan fingerprint density at radius 1 is 0.256 bits per heavy atom. The molecule has 0 radical (unpaired) electrons. The minimum Gasteiger partial charge on any atom is -0.462 e. The molecule has 0 aromatic rings. The number of unbranched alkanes of at least 4 members (excludes halogenated alkanes) is 48. The number of allylic oxidation sites excluding steroid dienone is 6. The number of hydrogen-bond acceptors (Lipinski definition) is 6. The van der Waals surface area contributed by atoms with Gasteiger partial charge in [-0.1, -0.05) is 327 Å². The Hall–Kier alpha value is -2.37. The number of esters is 3. The van der Waals surface area contributed by atoms with Gasteiger partial charge in [0.05, 0.1) is 0 Å². The quantitative estimate of drug-likeness (QED) is 0.0261. The van der Waals surface area contributed by atoms with Crippen molar-refractivity contribution in [3.8, 4) is 0 Å². The second-order valence-corrected chi connectivity index (χ2v) is 23.8. The smallest absolute Gasteiger partial charge is 0.306 e. The summed E-state index contributed by atoms with van der Waals surface area (Å²) in [5, 5.41) is 0. The van der Waals surface area contributed by atoms with Gasteiger partial charge in [0, 0.05) is 19.3 Å². The summed E-state index contributed by atoms with van der Waals surface area (Å²) in [6.07, 6.45) is 83.2. The first-order valence-corrected chi connectivity index (χ1v) is 35.0. The van der Waals surface area contributed by atoms with E-state index in [1.165, 1.54) is 276 Å². The van der Waals surface area contributed by atoms with Crippen molar-refractivity contribution in [3.05, 3.63) is 36.5 Å². The van der Waals surface area contributed by atoms with Gasteiger partial charge >= 0.3 is 17.9 Å². The van der Waals surface area contributed by atoms with Gasteiger partial charge in [0.1, 0.15) is 13.2 Å². The van der Waals surface area contributed by atoms with Crippen LogP contribution in [0, 0.1) is 0 Å². The zero-order valence-corrected chi connectivity index (χ0v) is 52.7. The van der Waals surface area contributed by atoms with E-state index in [1.807, 2.05) is 0 Å². The van der Waals surface area contributed by atoms with Crippen LogP contribution in [-0.4, -0.2) is 37.2 Å². The second kappa shape index (κ2) is 67.1. The highest BCUT2D eigenvalue weighted by Gasteiger charge is 2.19. The van der Waals surface area contributed by atoms with Crippen molar-refractivity contribution in [1.82, 2.24) is 0 Å². The molecule has 0 aliphatic carbocycles. The molecular formula is C72H134O6. The molecule has 0 bridgehead atoms. The van der Waals surface area contributed by atoms with Gasteiger partial charge in [0.15, 0.2) is 6.10 Å². The second-order valence-electron chi connectivity index (χ2n) is 23.8. The first kappa shape index (κ1) is 75.6. The number of carbonyl (C=O) groups is 3. The molecule has 0 spiro atoms. The average Bonchev–Trinajstić information content (AvgIpc) is 3.44. The molecule has 0 aliphatic heterocycles. The highest BCUT2D eigenvalue weighted by Crippen LogP contribution is 2.18. The van der Waals surface area contributed by atoms with Crippen molar-refractivity contribution in [1.29, 1.82) is 0 Å². The van der Waals surface area contributed by atoms with Crippen LogP contribution in [0.5, 0.6) is 0 Å². The van der Waals surface area contributed by atoms with Gasteiger partial charge in [0.25, 0.3) is 0 Å². The average molecular weight is 1100 g/mol. The Morgan fingerprint density at radius 3 is 0.744 bits per heavy atom. The minimum absolute atomic E-state index is 0.0719. The fraction of sp³-hybridized carbons (Fsp3) is 0.875. The monoisotopic (exact) mass is 1100 g/mol. The summed E-state index contributed by atoms with van der Waals surface area (Å²) in [4.78, 5) is 38.4. The zero-order valence-electron chi connectivity index (χ0n) is 52.7. The predicted molar refractivity (Wildman–Crippen MR) is 339 cm³/mol. The molecule has 0 heterocycles. The molecule has 0 saturated carbocycles. The van der Waals surface area contributed by atoms with Crippen LogP contribution in [0.3, 0.4) is 0 Å². The van der Waals surface area contributed by atoms with Gasteiger partial charge in [-0.3, -0.25) is 14.4 Å². The van der Waals surface area contributed by atoms with Crippen molar-refractivity contribution in [2.45, 2.75) is 393 Å². The minimum atomic E-state index is -0.777. The van der Waals surface area contributed by atoms with E-state index in [4.69, 9.17) is 14.2 Å². The number of rotatable bonds is 65. The largest absolute Gasteiger partial charge is 0.462 e. The van der Waals surface area contributed by atoms with Crippen LogP contribution in [0.25, 0.3) is 0 Å². The van der Waals surface area contributed by atoms with Crippen LogP contribution in [0.1, 0.15) is 387 Å². The van der Waals surface area contributed by atoms with E-state index >= 15 is 0 Å². The van der Waals surface area contributed by atoms with E-state index in [0.717, 1.165) is 70.6 Å². The van der Waals surface area contributed by atoms with E-state index < -0.39 is 6.10 Å². The Morgan fingerprint density at radius 2 is 0.462 bits per heavy atom. The highest BCUT2D eigenvalue weighted by atomic mass is 16.6. The van der Waals surface area contributed by atoms with E-state index in [-0.39, 0.29) is 31.1 Å². The van der Waals surface area contributed by atoms with Crippen LogP contribution in [-0.2, 0) is 28.6 Å². The molecule has 458 valence electrons. The first-order valence-electron chi connectivity index (χ1n) is 35.0. The van der Waals surface area contributed by atoms with E-state index in [9.17, 15) is 14.4 Å². The van der Waals surface area contributed by atoms with Crippen molar-refractivity contribution in [2.75, 3.05) is 13.2 Å². The summed E-state index contributed by atoms with van der Waals surface area (Å²) in [7, 11) is 0. The summed E-state index contributed by atoms with van der Waals surface area (Å²) in [6.45, 7) is 6.67. The van der Waals surface area contributed by atoms with Gasteiger partial charge in [-0.25, -0.2) is 0 Å². The fourth-order valence-corrected chi connectivity index (χ4v) is 10.6. The highest BCUT2D eigenvalue weighted by molar-refractivity contribution is 5.71. The summed E-state index contributed by atoms with van der Waals surface area (Å²) in [6, 6.07) is 0. The maximum Gasteiger partial charge on any atom is 0.306 e. The van der Waals surface area contributed by atoms with Crippen molar-refractivity contribution < 1.29 is 28.6 Å². The summed E-state index contributed by atoms with van der Waals surface area (Å²) in [5.74, 6) is -0.858. The fourth-order valence-electron chi connectivity index (χ4n) is 10.6. The number of carbonyl (C=O) groups excluding carboxylic acids is 3. The van der Waals surface area contributed by atoms with E-state index in [0.29, 0.717) is 19.3 Å². The summed E-state index contributed by atoms with van der Waals surface area (Å²) >= 11 is 0. The molecule has 6 heteroatoms. The lowest BCUT2D eigenvalue weighted by molar-refractivity contribution is -0.167. The molecular weight excluding hydrogens is 961 g/mol. The molecule has 0 fully saturated rings. The van der Waals surface area contributed by atoms with Crippen molar-refractivity contribution in [3.63, 3.8) is 0 Å². The normalized spacial score (nSPS) is 12.2. The third kappa shape index (κ3) is 64.5. The Bertz CT molecular complexity index is 1300. The molecule has 0 rings (SSSR count). The van der Waals surface area contributed by atoms with Gasteiger partial charge in [0.2, 0.25) is 0 Å². The molecule has 0 aromatic heterocycles. The summed E-state index contributed by atoms with van der Waals surface area (Å²) < 4.78 is 17.0. The Balaban J connectivity index is 4.22. The maximum atomic E-state index is 12.9. The standard InChI is InChI=1S/C72H134O6/c1-4-7-10-13-16-19-22-25-28-30-32-33-34-35-36-37-38-39-41-42-44-47-50-53-56-59-62-65-71(74)77-68-69(67-76-70(73)64-61-58-55-52-49-46-27-24-21-18-15-12-9-6-3)78-72(75)66-63-60-57-54-51-48-45-43-40-31-29-26-23-20-17-14-11-8-5-2/h17,20,24,26-27,29,69H,4-16,18-19,21-23,25,28,30-68H2,1-3H3/b20-17-,27-24-,29-26-. The molecule has 6 nitrogen and oxygen atoms in total. The van der Waals surface area contributed by atoms with Gasteiger partial charge < -0.3 is 14.2 Å². The van der Waals surface area contributed by atoms with Gasteiger partial charge in [-0.2, -0.15) is 0 Å². The third-order valence-corrected chi connectivity index (χ3v) is 15.9. The lowest BCUT2D eigenvalue weighted by Crippen LogP contribution is -2.30. The molecule has 1 atom stereocenters.